The van der Waals surface area contributed by atoms with Gasteiger partial charge in [-0.25, -0.2) is 0 Å². The maximum absolute atomic E-state index is 12.3. The molecular formula is C20H20O4. The first-order chi connectivity index (χ1) is 11.7. The zero-order valence-electron chi connectivity index (χ0n) is 13.8. The van der Waals surface area contributed by atoms with Gasteiger partial charge in [-0.15, -0.1) is 0 Å². The second kappa shape index (κ2) is 8.58. The predicted octanol–water partition coefficient (Wildman–Crippen LogP) is 4.16. The van der Waals surface area contributed by atoms with Crippen LogP contribution in [0.4, 0.5) is 0 Å². The second-order valence-corrected chi connectivity index (χ2v) is 4.93. The van der Waals surface area contributed by atoms with Crippen LogP contribution in [0.3, 0.4) is 0 Å². The fraction of sp³-hybridized carbons (Fsp3) is 0.150. The Kier molecular flexibility index (Phi) is 6.20. The summed E-state index contributed by atoms with van der Waals surface area (Å²) in [5.41, 5.74) is 1.38. The third-order valence-electron chi connectivity index (χ3n) is 3.37. The normalized spacial score (nSPS) is 10.4. The van der Waals surface area contributed by atoms with Crippen LogP contribution in [0.15, 0.2) is 61.2 Å². The summed E-state index contributed by atoms with van der Waals surface area (Å²) in [5.74, 6) is 1.94. The highest BCUT2D eigenvalue weighted by Crippen LogP contribution is 2.26. The lowest BCUT2D eigenvalue weighted by atomic mass is 10.1. The lowest BCUT2D eigenvalue weighted by molar-refractivity contribution is 0.104. The molecule has 0 spiro atoms. The first-order valence-corrected chi connectivity index (χ1v) is 7.46. The Morgan fingerprint density at radius 3 is 2.33 bits per heavy atom. The zero-order valence-corrected chi connectivity index (χ0v) is 13.8. The van der Waals surface area contributed by atoms with Crippen molar-refractivity contribution in [2.75, 3.05) is 20.8 Å². The molecule has 0 radical (unpaired) electrons. The van der Waals surface area contributed by atoms with Crippen LogP contribution in [0, 0.1) is 0 Å². The molecule has 0 atom stereocenters. The van der Waals surface area contributed by atoms with Crippen molar-refractivity contribution >= 4 is 11.9 Å². The number of allylic oxidation sites excluding steroid dienone is 1. The zero-order chi connectivity index (χ0) is 17.4. The monoisotopic (exact) mass is 324 g/mol. The van der Waals surface area contributed by atoms with Gasteiger partial charge in [-0.3, -0.25) is 4.79 Å². The van der Waals surface area contributed by atoms with Gasteiger partial charge in [0.25, 0.3) is 0 Å². The molecule has 0 aliphatic rings. The topological polar surface area (TPSA) is 44.8 Å². The van der Waals surface area contributed by atoms with E-state index in [-0.39, 0.29) is 5.78 Å². The van der Waals surface area contributed by atoms with Crippen molar-refractivity contribution in [2.45, 2.75) is 0 Å². The average Bonchev–Trinajstić information content (AvgIpc) is 2.64. The summed E-state index contributed by atoms with van der Waals surface area (Å²) < 4.78 is 15.9. The minimum absolute atomic E-state index is 0.0943. The standard InChI is InChI=1S/C20H20O4/c1-4-13-24-20-14-18(23-3)11-7-16(20)8-12-19(21)15-5-9-17(22-2)10-6-15/h4-12,14H,1,13H2,2-3H3/b12-8+. The molecule has 2 rings (SSSR count). The third-order valence-corrected chi connectivity index (χ3v) is 3.37. The fourth-order valence-corrected chi connectivity index (χ4v) is 2.07. The Hall–Kier alpha value is -3.01. The van der Waals surface area contributed by atoms with Crippen LogP contribution in [0.1, 0.15) is 15.9 Å². The molecule has 2 aromatic rings. The van der Waals surface area contributed by atoms with Crippen molar-refractivity contribution in [1.29, 1.82) is 0 Å². The van der Waals surface area contributed by atoms with E-state index in [4.69, 9.17) is 14.2 Å². The molecule has 0 amide bonds. The van der Waals surface area contributed by atoms with Gasteiger partial charge in [-0.1, -0.05) is 12.7 Å². The van der Waals surface area contributed by atoms with Crippen LogP contribution in [0.25, 0.3) is 6.08 Å². The highest BCUT2D eigenvalue weighted by atomic mass is 16.5. The average molecular weight is 324 g/mol. The van der Waals surface area contributed by atoms with E-state index in [9.17, 15) is 4.79 Å². The number of hydrogen-bond donors (Lipinski definition) is 0. The van der Waals surface area contributed by atoms with E-state index >= 15 is 0 Å². The van der Waals surface area contributed by atoms with Gasteiger partial charge >= 0.3 is 0 Å². The lowest BCUT2D eigenvalue weighted by Crippen LogP contribution is -1.97. The van der Waals surface area contributed by atoms with Crippen molar-refractivity contribution in [3.05, 3.63) is 72.3 Å². The number of ketones is 1. The van der Waals surface area contributed by atoms with Gasteiger partial charge in [0, 0.05) is 17.2 Å². The second-order valence-electron chi connectivity index (χ2n) is 4.93. The maximum atomic E-state index is 12.3. The molecule has 0 N–H and O–H groups in total. The molecule has 0 heterocycles. The highest BCUT2D eigenvalue weighted by molar-refractivity contribution is 6.07. The fourth-order valence-electron chi connectivity index (χ4n) is 2.07. The van der Waals surface area contributed by atoms with Crippen molar-refractivity contribution in [3.63, 3.8) is 0 Å². The van der Waals surface area contributed by atoms with E-state index in [2.05, 4.69) is 6.58 Å². The molecular weight excluding hydrogens is 304 g/mol. The van der Waals surface area contributed by atoms with Crippen LogP contribution < -0.4 is 14.2 Å². The number of ether oxygens (including phenoxy) is 3. The molecule has 0 fully saturated rings. The molecule has 0 aliphatic heterocycles. The molecule has 4 heteroatoms. The van der Waals surface area contributed by atoms with Gasteiger partial charge < -0.3 is 14.2 Å². The van der Waals surface area contributed by atoms with E-state index in [0.717, 1.165) is 5.56 Å². The highest BCUT2D eigenvalue weighted by Gasteiger charge is 2.06. The van der Waals surface area contributed by atoms with Crippen molar-refractivity contribution in [3.8, 4) is 17.2 Å². The van der Waals surface area contributed by atoms with Gasteiger partial charge in [0.05, 0.1) is 14.2 Å². The Labute approximate surface area is 142 Å². The molecule has 0 unspecified atom stereocenters. The molecule has 4 nitrogen and oxygen atoms in total. The van der Waals surface area contributed by atoms with Crippen LogP contribution in [-0.4, -0.2) is 26.6 Å². The number of hydrogen-bond acceptors (Lipinski definition) is 4. The van der Waals surface area contributed by atoms with Crippen molar-refractivity contribution in [2.24, 2.45) is 0 Å². The summed E-state index contributed by atoms with van der Waals surface area (Å²) in [6.45, 7) is 4.01. The summed E-state index contributed by atoms with van der Waals surface area (Å²) in [6, 6.07) is 12.4. The van der Waals surface area contributed by atoms with E-state index in [1.54, 1.807) is 56.7 Å². The van der Waals surface area contributed by atoms with Crippen LogP contribution in [0.2, 0.25) is 0 Å². The Bertz CT molecular complexity index is 730. The molecule has 0 aliphatic carbocycles. The van der Waals surface area contributed by atoms with Crippen LogP contribution >= 0.6 is 0 Å². The molecule has 0 bridgehead atoms. The molecule has 24 heavy (non-hydrogen) atoms. The number of carbonyl (C=O) groups excluding carboxylic acids is 1. The van der Waals surface area contributed by atoms with E-state index in [1.807, 2.05) is 12.1 Å². The van der Waals surface area contributed by atoms with Gasteiger partial charge in [0.15, 0.2) is 5.78 Å². The van der Waals surface area contributed by atoms with Crippen LogP contribution in [-0.2, 0) is 0 Å². The number of benzene rings is 2. The Balaban J connectivity index is 2.19. The summed E-state index contributed by atoms with van der Waals surface area (Å²) in [7, 11) is 3.18. The SMILES string of the molecule is C=CCOc1cc(OC)ccc1/C=C/C(=O)c1ccc(OC)cc1. The molecule has 0 saturated heterocycles. The first-order valence-electron chi connectivity index (χ1n) is 7.46. The van der Waals surface area contributed by atoms with Crippen LogP contribution in [0.5, 0.6) is 17.2 Å². The van der Waals surface area contributed by atoms with E-state index in [1.165, 1.54) is 6.08 Å². The number of methoxy groups -OCH3 is 2. The van der Waals surface area contributed by atoms with Crippen molar-refractivity contribution < 1.29 is 19.0 Å². The lowest BCUT2D eigenvalue weighted by Gasteiger charge is -2.09. The van der Waals surface area contributed by atoms with Gasteiger partial charge in [-0.2, -0.15) is 0 Å². The molecule has 0 aromatic heterocycles. The van der Waals surface area contributed by atoms with Gasteiger partial charge in [0.1, 0.15) is 23.9 Å². The van der Waals surface area contributed by atoms with E-state index < -0.39 is 0 Å². The quantitative estimate of drug-likeness (QED) is 0.415. The van der Waals surface area contributed by atoms with E-state index in [0.29, 0.717) is 29.4 Å². The summed E-state index contributed by atoms with van der Waals surface area (Å²) in [5, 5.41) is 0. The van der Waals surface area contributed by atoms with Crippen molar-refractivity contribution in [1.82, 2.24) is 0 Å². The predicted molar refractivity (Wildman–Crippen MR) is 95.0 cm³/mol. The Morgan fingerprint density at radius 1 is 1.04 bits per heavy atom. The number of carbonyl (C=O) groups is 1. The smallest absolute Gasteiger partial charge is 0.185 e. The molecule has 124 valence electrons. The summed E-state index contributed by atoms with van der Waals surface area (Å²) in [4.78, 5) is 12.3. The Morgan fingerprint density at radius 2 is 1.71 bits per heavy atom. The molecule has 2 aromatic carbocycles. The van der Waals surface area contributed by atoms with Gasteiger partial charge in [0.2, 0.25) is 0 Å². The van der Waals surface area contributed by atoms with Gasteiger partial charge in [-0.05, 0) is 48.6 Å². The molecule has 0 saturated carbocycles. The first kappa shape index (κ1) is 17.3. The largest absolute Gasteiger partial charge is 0.497 e. The minimum Gasteiger partial charge on any atom is -0.497 e. The maximum Gasteiger partial charge on any atom is 0.185 e. The summed E-state index contributed by atoms with van der Waals surface area (Å²) >= 11 is 0. The third kappa shape index (κ3) is 4.49. The minimum atomic E-state index is -0.0943. The summed E-state index contributed by atoms with van der Waals surface area (Å²) in [6.07, 6.45) is 4.91. The number of rotatable bonds is 8.